The van der Waals surface area contributed by atoms with Crippen molar-refractivity contribution < 1.29 is 0 Å². The number of hydrogen-bond donors (Lipinski definition) is 0. The summed E-state index contributed by atoms with van der Waals surface area (Å²) in [5, 5.41) is 10.6. The van der Waals surface area contributed by atoms with Crippen LogP contribution in [-0.4, -0.2) is 15.0 Å². The van der Waals surface area contributed by atoms with Crippen LogP contribution >= 0.6 is 11.8 Å². The molecule has 0 saturated carbocycles. The summed E-state index contributed by atoms with van der Waals surface area (Å²) in [6.45, 7) is 0. The molecule has 0 saturated heterocycles. The van der Waals surface area contributed by atoms with E-state index in [1.165, 1.54) is 16.0 Å². The molecule has 0 radical (unpaired) electrons. The lowest BCUT2D eigenvalue weighted by Crippen LogP contribution is -2.20. The topological polar surface area (TPSA) is 65.7 Å². The maximum atomic E-state index is 10.4. The first-order valence-corrected chi connectivity index (χ1v) is 16.8. The van der Waals surface area contributed by atoms with Gasteiger partial charge in [-0.3, -0.25) is 0 Å². The van der Waals surface area contributed by atoms with Gasteiger partial charge in [0.1, 0.15) is 6.07 Å². The molecule has 9 rings (SSSR count). The fourth-order valence-corrected chi connectivity index (χ4v) is 8.32. The van der Waals surface area contributed by atoms with E-state index in [0.717, 1.165) is 39.2 Å². The summed E-state index contributed by atoms with van der Waals surface area (Å²) in [7, 11) is 0. The third kappa shape index (κ3) is 4.76. The Kier molecular flexibility index (Phi) is 6.84. The Morgan fingerprint density at radius 1 is 0.500 bits per heavy atom. The van der Waals surface area contributed by atoms with Crippen LogP contribution in [0, 0.1) is 11.3 Å². The minimum Gasteiger partial charge on any atom is -0.331 e. The Labute approximate surface area is 283 Å². The average molecular weight is 634 g/mol. The van der Waals surface area contributed by atoms with Gasteiger partial charge in [0.15, 0.2) is 17.5 Å². The second-order valence-corrected chi connectivity index (χ2v) is 13.1. The summed E-state index contributed by atoms with van der Waals surface area (Å²) >= 11 is 1.90. The van der Waals surface area contributed by atoms with Gasteiger partial charge in [-0.1, -0.05) is 121 Å². The second-order valence-electron chi connectivity index (χ2n) is 11.9. The maximum Gasteiger partial charge on any atom is 0.164 e. The Morgan fingerprint density at radius 3 is 1.73 bits per heavy atom. The number of aromatic nitrogens is 3. The largest absolute Gasteiger partial charge is 0.331 e. The molecule has 3 heterocycles. The predicted octanol–water partition coefficient (Wildman–Crippen LogP) is 10.5. The summed E-state index contributed by atoms with van der Waals surface area (Å²) < 4.78 is 0. The van der Waals surface area contributed by atoms with Crippen molar-refractivity contribution in [2.45, 2.75) is 16.2 Å². The Morgan fingerprint density at radius 2 is 1.02 bits per heavy atom. The number of thioether (sulfide) groups is 1. The zero-order valence-electron chi connectivity index (χ0n) is 25.7. The minimum absolute atomic E-state index is 0.0721. The number of benzene rings is 6. The van der Waals surface area contributed by atoms with Gasteiger partial charge in [-0.05, 0) is 52.6 Å². The zero-order valence-corrected chi connectivity index (χ0v) is 26.5. The van der Waals surface area contributed by atoms with E-state index in [2.05, 4.69) is 102 Å². The SMILES string of the molecule is N#Cc1ccc(-c2nc(-c3ccccc3)nc(-c3ccc(-c4ccccc4)cc3)n2)cc1N1c2ccccc2C2Sc3ccccc3C21. The molecule has 2 unspecified atom stereocenters. The Hall–Kier alpha value is -6.03. The summed E-state index contributed by atoms with van der Waals surface area (Å²) in [4.78, 5) is 18.6. The van der Waals surface area contributed by atoms with Gasteiger partial charge in [-0.15, -0.1) is 11.8 Å². The molecule has 5 nitrogen and oxygen atoms in total. The minimum atomic E-state index is 0.0721. The lowest BCUT2D eigenvalue weighted by molar-refractivity contribution is 0.736. The highest BCUT2D eigenvalue weighted by Gasteiger charge is 2.46. The molecule has 7 aromatic rings. The predicted molar refractivity (Wildman–Crippen MR) is 193 cm³/mol. The molecular formula is C42H27N5S. The summed E-state index contributed by atoms with van der Waals surface area (Å²) in [5.74, 6) is 1.75. The van der Waals surface area contributed by atoms with E-state index in [1.54, 1.807) is 0 Å². The van der Waals surface area contributed by atoms with Crippen molar-refractivity contribution in [3.05, 3.63) is 168 Å². The van der Waals surface area contributed by atoms with Crippen molar-refractivity contribution in [2.24, 2.45) is 0 Å². The van der Waals surface area contributed by atoms with Gasteiger partial charge in [0.25, 0.3) is 0 Å². The number of nitrogens with zero attached hydrogens (tertiary/aromatic N) is 5. The van der Waals surface area contributed by atoms with Crippen molar-refractivity contribution in [1.82, 2.24) is 15.0 Å². The van der Waals surface area contributed by atoms with E-state index in [4.69, 9.17) is 15.0 Å². The molecule has 0 spiro atoms. The quantitative estimate of drug-likeness (QED) is 0.188. The number of para-hydroxylation sites is 1. The molecule has 0 aliphatic carbocycles. The molecule has 0 fully saturated rings. The van der Waals surface area contributed by atoms with Crippen LogP contribution in [0.5, 0.6) is 0 Å². The van der Waals surface area contributed by atoms with Gasteiger partial charge in [0.05, 0.1) is 22.5 Å². The number of hydrogen-bond acceptors (Lipinski definition) is 6. The van der Waals surface area contributed by atoms with Crippen molar-refractivity contribution in [1.29, 1.82) is 5.26 Å². The molecule has 6 heteroatoms. The Balaban J connectivity index is 1.19. The third-order valence-electron chi connectivity index (χ3n) is 9.11. The summed E-state index contributed by atoms with van der Waals surface area (Å²) in [6.07, 6.45) is 0. The fourth-order valence-electron chi connectivity index (χ4n) is 6.84. The highest BCUT2D eigenvalue weighted by atomic mass is 32.2. The van der Waals surface area contributed by atoms with Crippen LogP contribution in [0.15, 0.2) is 157 Å². The molecule has 2 aliphatic rings. The molecule has 226 valence electrons. The van der Waals surface area contributed by atoms with E-state index in [1.807, 2.05) is 72.4 Å². The van der Waals surface area contributed by atoms with E-state index >= 15 is 0 Å². The van der Waals surface area contributed by atoms with E-state index in [9.17, 15) is 5.26 Å². The van der Waals surface area contributed by atoms with Gasteiger partial charge in [0, 0.05) is 27.3 Å². The first kappa shape index (κ1) is 28.2. The number of nitriles is 1. The number of fused-ring (bicyclic) bond motifs is 5. The molecule has 2 aliphatic heterocycles. The molecule has 6 aromatic carbocycles. The Bertz CT molecular complexity index is 2350. The molecule has 2 atom stereocenters. The molecule has 48 heavy (non-hydrogen) atoms. The zero-order chi connectivity index (χ0) is 32.0. The van der Waals surface area contributed by atoms with Gasteiger partial charge in [-0.25, -0.2) is 15.0 Å². The van der Waals surface area contributed by atoms with Crippen molar-refractivity contribution in [2.75, 3.05) is 4.90 Å². The lowest BCUT2D eigenvalue weighted by Gasteiger charge is -2.29. The standard InChI is InChI=1S/C42H27N5S/c43-26-32-24-23-31(25-36(32)47-35-17-9-7-15-33(35)39-38(47)34-16-8-10-18-37(34)48-39)42-45-40(29-13-5-2-6-14-29)44-41(46-42)30-21-19-28(20-22-30)27-11-3-1-4-12-27/h1-25,38-39H. The van der Waals surface area contributed by atoms with Crippen LogP contribution in [0.1, 0.15) is 28.0 Å². The van der Waals surface area contributed by atoms with Crippen LogP contribution in [0.2, 0.25) is 0 Å². The van der Waals surface area contributed by atoms with Crippen LogP contribution < -0.4 is 4.90 Å². The first-order valence-electron chi connectivity index (χ1n) is 15.9. The monoisotopic (exact) mass is 633 g/mol. The van der Waals surface area contributed by atoms with Crippen molar-refractivity contribution in [3.8, 4) is 51.4 Å². The maximum absolute atomic E-state index is 10.4. The molecule has 1 aromatic heterocycles. The van der Waals surface area contributed by atoms with Gasteiger partial charge >= 0.3 is 0 Å². The van der Waals surface area contributed by atoms with E-state index < -0.39 is 0 Å². The second kappa shape index (κ2) is 11.6. The number of rotatable bonds is 5. The summed E-state index contributed by atoms with van der Waals surface area (Å²) in [5.41, 5.74) is 10.1. The highest BCUT2D eigenvalue weighted by Crippen LogP contribution is 2.64. The van der Waals surface area contributed by atoms with Crippen LogP contribution in [-0.2, 0) is 0 Å². The van der Waals surface area contributed by atoms with Gasteiger partial charge in [0.2, 0.25) is 0 Å². The average Bonchev–Trinajstić information content (AvgIpc) is 3.70. The van der Waals surface area contributed by atoms with Gasteiger partial charge < -0.3 is 4.90 Å². The number of anilines is 2. The normalized spacial score (nSPS) is 15.8. The van der Waals surface area contributed by atoms with Crippen LogP contribution in [0.3, 0.4) is 0 Å². The van der Waals surface area contributed by atoms with Crippen molar-refractivity contribution in [3.63, 3.8) is 0 Å². The van der Waals surface area contributed by atoms with Crippen molar-refractivity contribution >= 4 is 23.1 Å². The van der Waals surface area contributed by atoms with E-state index in [0.29, 0.717) is 23.0 Å². The van der Waals surface area contributed by atoms with Crippen LogP contribution in [0.25, 0.3) is 45.3 Å². The fraction of sp³-hybridized carbons (Fsp3) is 0.0476. The smallest absolute Gasteiger partial charge is 0.164 e. The summed E-state index contributed by atoms with van der Waals surface area (Å²) in [6, 6.07) is 54.3. The molecule has 0 bridgehead atoms. The first-order chi connectivity index (χ1) is 23.7. The molecule has 0 N–H and O–H groups in total. The lowest BCUT2D eigenvalue weighted by atomic mass is 10.0. The molecule has 0 amide bonds. The highest BCUT2D eigenvalue weighted by molar-refractivity contribution is 8.00. The van der Waals surface area contributed by atoms with E-state index in [-0.39, 0.29) is 11.3 Å². The molecular weight excluding hydrogens is 607 g/mol. The van der Waals surface area contributed by atoms with Crippen LogP contribution in [0.4, 0.5) is 11.4 Å². The van der Waals surface area contributed by atoms with Gasteiger partial charge in [-0.2, -0.15) is 5.26 Å². The third-order valence-corrected chi connectivity index (χ3v) is 10.5.